The molecule has 0 rings (SSSR count). The summed E-state index contributed by atoms with van der Waals surface area (Å²) in [4.78, 5) is 0. The van der Waals surface area contributed by atoms with Gasteiger partial charge in [-0.1, -0.05) is 25.7 Å². The van der Waals surface area contributed by atoms with Crippen molar-refractivity contribution in [2.45, 2.75) is 13.8 Å². The molecule has 0 radical (unpaired) electrons. The van der Waals surface area contributed by atoms with Crippen molar-refractivity contribution in [1.82, 2.24) is 0 Å². The first-order chi connectivity index (χ1) is 3.63. The second-order valence-corrected chi connectivity index (χ2v) is 6.03. The summed E-state index contributed by atoms with van der Waals surface area (Å²) in [6, 6.07) is 0. The predicted molar refractivity (Wildman–Crippen MR) is 45.5 cm³/mol. The van der Waals surface area contributed by atoms with Gasteiger partial charge >= 0.3 is 0 Å². The third-order valence-corrected chi connectivity index (χ3v) is 1.69. The van der Waals surface area contributed by atoms with Crippen molar-refractivity contribution in [3.05, 3.63) is 0 Å². The Labute approximate surface area is 61.5 Å². The summed E-state index contributed by atoms with van der Waals surface area (Å²) in [6.07, 6.45) is -1.15. The molecule has 0 bridgehead atoms. The van der Waals surface area contributed by atoms with Crippen molar-refractivity contribution >= 4 is 30.2 Å². The van der Waals surface area contributed by atoms with E-state index in [2.05, 4.69) is 26.1 Å². The van der Waals surface area contributed by atoms with Crippen molar-refractivity contribution in [2.24, 2.45) is 5.92 Å². The van der Waals surface area contributed by atoms with Gasteiger partial charge in [0.05, 0.1) is 6.61 Å². The zero-order chi connectivity index (χ0) is 6.57. The second-order valence-electron chi connectivity index (χ2n) is 1.97. The van der Waals surface area contributed by atoms with Gasteiger partial charge in [0.2, 0.25) is 0 Å². The number of hydrogen-bond donors (Lipinski definition) is 1. The van der Waals surface area contributed by atoms with Crippen molar-refractivity contribution in [2.75, 3.05) is 6.61 Å². The molecule has 0 saturated heterocycles. The first-order valence-corrected chi connectivity index (χ1v) is 6.31. The zero-order valence-corrected chi connectivity index (χ0v) is 7.76. The molecular formula is C4H11OPS2. The third-order valence-electron chi connectivity index (χ3n) is 0.540. The molecule has 0 fully saturated rings. The molecule has 0 amide bonds. The molecule has 4 heteroatoms. The summed E-state index contributed by atoms with van der Waals surface area (Å²) >= 11 is 8.71. The van der Waals surface area contributed by atoms with E-state index in [-0.39, 0.29) is 0 Å². The topological polar surface area (TPSA) is 9.23 Å². The summed E-state index contributed by atoms with van der Waals surface area (Å²) in [5, 5.41) is 0. The Kier molecular flexibility index (Phi) is 5.38. The van der Waals surface area contributed by atoms with Crippen LogP contribution in [-0.2, 0) is 16.3 Å². The molecule has 0 aromatic rings. The van der Waals surface area contributed by atoms with Crippen LogP contribution in [0.15, 0.2) is 0 Å². The maximum Gasteiger partial charge on any atom is 0.104 e. The lowest BCUT2D eigenvalue weighted by molar-refractivity contribution is 0.311. The highest BCUT2D eigenvalue weighted by atomic mass is 32.9. The SMILES string of the molecule is CC(C)CO[PH](=S)S. The zero-order valence-electron chi connectivity index (χ0n) is 5.05. The van der Waals surface area contributed by atoms with E-state index in [9.17, 15) is 0 Å². The summed E-state index contributed by atoms with van der Waals surface area (Å²) in [6.45, 7) is 4.93. The molecule has 0 aromatic carbocycles. The Hall–Kier alpha value is 0.960. The average Bonchev–Trinajstić information content (AvgIpc) is 1.61. The van der Waals surface area contributed by atoms with E-state index < -0.39 is 6.13 Å². The van der Waals surface area contributed by atoms with Crippen LogP contribution < -0.4 is 0 Å². The number of hydrogen-bond acceptors (Lipinski definition) is 2. The Bertz CT molecular complexity index is 84.1. The van der Waals surface area contributed by atoms with Gasteiger partial charge in [0.25, 0.3) is 0 Å². The van der Waals surface area contributed by atoms with E-state index in [0.29, 0.717) is 5.92 Å². The van der Waals surface area contributed by atoms with Gasteiger partial charge in [-0.15, -0.1) is 12.2 Å². The van der Waals surface area contributed by atoms with E-state index in [0.717, 1.165) is 6.61 Å². The third kappa shape index (κ3) is 6.96. The molecule has 0 saturated carbocycles. The van der Waals surface area contributed by atoms with Crippen LogP contribution in [0.3, 0.4) is 0 Å². The molecule has 0 N–H and O–H groups in total. The lowest BCUT2D eigenvalue weighted by atomic mass is 10.2. The quantitative estimate of drug-likeness (QED) is 0.513. The highest BCUT2D eigenvalue weighted by Crippen LogP contribution is 2.27. The van der Waals surface area contributed by atoms with Crippen LogP contribution in [0.1, 0.15) is 13.8 Å². The fourth-order valence-corrected chi connectivity index (χ4v) is 1.14. The first-order valence-electron chi connectivity index (χ1n) is 2.48. The molecule has 0 aromatic heterocycles. The summed E-state index contributed by atoms with van der Waals surface area (Å²) in [5.74, 6) is 0.574. The van der Waals surface area contributed by atoms with Crippen LogP contribution >= 0.6 is 18.4 Å². The smallest absolute Gasteiger partial charge is 0.104 e. The van der Waals surface area contributed by atoms with Crippen LogP contribution in [0.2, 0.25) is 0 Å². The fourth-order valence-electron chi connectivity index (χ4n) is 0.238. The first kappa shape index (κ1) is 8.96. The number of thiol groups is 1. The van der Waals surface area contributed by atoms with Crippen LogP contribution in [0.5, 0.6) is 0 Å². The van der Waals surface area contributed by atoms with Gasteiger partial charge in [-0.05, 0) is 5.92 Å². The van der Waals surface area contributed by atoms with E-state index in [1.165, 1.54) is 0 Å². The van der Waals surface area contributed by atoms with Crippen LogP contribution in [0.4, 0.5) is 0 Å². The fraction of sp³-hybridized carbons (Fsp3) is 1.00. The molecule has 1 nitrogen and oxygen atoms in total. The predicted octanol–water partition coefficient (Wildman–Crippen LogP) is 2.09. The normalized spacial score (nSPS) is 14.5. The highest BCUT2D eigenvalue weighted by Gasteiger charge is 1.91. The summed E-state index contributed by atoms with van der Waals surface area (Å²) < 4.78 is 5.08. The molecule has 8 heavy (non-hydrogen) atoms. The van der Waals surface area contributed by atoms with E-state index in [1.807, 2.05) is 0 Å². The lowest BCUT2D eigenvalue weighted by Gasteiger charge is -2.02. The molecule has 50 valence electrons. The van der Waals surface area contributed by atoms with Gasteiger partial charge in [0.1, 0.15) is 6.13 Å². The van der Waals surface area contributed by atoms with E-state index in [1.54, 1.807) is 0 Å². The van der Waals surface area contributed by atoms with Crippen molar-refractivity contribution in [3.8, 4) is 0 Å². The minimum atomic E-state index is -1.15. The lowest BCUT2D eigenvalue weighted by Crippen LogP contribution is -1.94. The largest absolute Gasteiger partial charge is 0.344 e. The molecule has 0 aliphatic heterocycles. The van der Waals surface area contributed by atoms with Gasteiger partial charge in [-0.3, -0.25) is 0 Å². The van der Waals surface area contributed by atoms with Gasteiger partial charge in [-0.2, -0.15) is 0 Å². The van der Waals surface area contributed by atoms with Gasteiger partial charge in [-0.25, -0.2) is 0 Å². The Morgan fingerprint density at radius 1 is 1.75 bits per heavy atom. The monoisotopic (exact) mass is 170 g/mol. The van der Waals surface area contributed by atoms with Gasteiger partial charge in [0, 0.05) is 0 Å². The molecule has 1 atom stereocenters. The van der Waals surface area contributed by atoms with Crippen molar-refractivity contribution in [3.63, 3.8) is 0 Å². The average molecular weight is 170 g/mol. The molecular weight excluding hydrogens is 159 g/mol. The van der Waals surface area contributed by atoms with Gasteiger partial charge < -0.3 is 4.52 Å². The number of rotatable bonds is 3. The van der Waals surface area contributed by atoms with Crippen LogP contribution in [0.25, 0.3) is 0 Å². The van der Waals surface area contributed by atoms with Crippen molar-refractivity contribution < 1.29 is 4.52 Å². The Balaban J connectivity index is 3.05. The minimum Gasteiger partial charge on any atom is -0.344 e. The van der Waals surface area contributed by atoms with Crippen LogP contribution in [-0.4, -0.2) is 6.61 Å². The summed E-state index contributed by atoms with van der Waals surface area (Å²) in [7, 11) is 0. The highest BCUT2D eigenvalue weighted by molar-refractivity contribution is 8.54. The van der Waals surface area contributed by atoms with E-state index in [4.69, 9.17) is 16.3 Å². The standard InChI is InChI=1S/C4H11OPS2/c1-4(2)3-5-6(7)8/h4,6H,3H2,1-2H3,(H,7,8). The Morgan fingerprint density at radius 3 is 2.38 bits per heavy atom. The Morgan fingerprint density at radius 2 is 2.25 bits per heavy atom. The maximum atomic E-state index is 5.08. The van der Waals surface area contributed by atoms with Gasteiger partial charge in [0.15, 0.2) is 0 Å². The molecule has 0 heterocycles. The molecule has 1 unspecified atom stereocenters. The molecule has 0 aliphatic carbocycles. The second kappa shape index (κ2) is 4.80. The molecule has 0 spiro atoms. The summed E-state index contributed by atoms with van der Waals surface area (Å²) in [5.41, 5.74) is 0. The van der Waals surface area contributed by atoms with Crippen LogP contribution in [0, 0.1) is 5.92 Å². The maximum absolute atomic E-state index is 5.08. The minimum absolute atomic E-state index is 0.574. The van der Waals surface area contributed by atoms with E-state index >= 15 is 0 Å². The molecule has 0 aliphatic rings. The van der Waals surface area contributed by atoms with Crippen molar-refractivity contribution in [1.29, 1.82) is 0 Å².